The van der Waals surface area contributed by atoms with Gasteiger partial charge in [0.2, 0.25) is 5.78 Å². The summed E-state index contributed by atoms with van der Waals surface area (Å²) >= 11 is 1.84. The fourth-order valence-corrected chi connectivity index (χ4v) is 16.9. The highest BCUT2D eigenvalue weighted by atomic mass is 32.1. The summed E-state index contributed by atoms with van der Waals surface area (Å²) in [5, 5.41) is 6.88. The molecule has 0 radical (unpaired) electrons. The van der Waals surface area contributed by atoms with Crippen LogP contribution >= 0.6 is 11.3 Å². The van der Waals surface area contributed by atoms with Gasteiger partial charge in [0.1, 0.15) is 51.2 Å². The van der Waals surface area contributed by atoms with E-state index in [1.54, 1.807) is 0 Å². The lowest BCUT2D eigenvalue weighted by Gasteiger charge is -2.39. The third-order valence-electron chi connectivity index (χ3n) is 19.6. The predicted molar refractivity (Wildman–Crippen MR) is 377 cm³/mol. The third kappa shape index (κ3) is 6.88. The van der Waals surface area contributed by atoms with Gasteiger partial charge in [-0.05, 0) is 119 Å². The lowest BCUT2D eigenvalue weighted by Crippen LogP contribution is -2.66. The number of hydrogen-bond donors (Lipinski definition) is 0. The van der Waals surface area contributed by atoms with Crippen LogP contribution in [0, 0.1) is 0 Å². The van der Waals surface area contributed by atoms with Crippen molar-refractivity contribution in [3.8, 4) is 45.9 Å². The molecule has 18 aromatic rings. The van der Waals surface area contributed by atoms with Crippen LogP contribution in [0.4, 0.5) is 0 Å². The van der Waals surface area contributed by atoms with Crippen LogP contribution in [0.3, 0.4) is 0 Å². The van der Waals surface area contributed by atoms with Crippen molar-refractivity contribution in [2.45, 2.75) is 0 Å². The molecule has 0 amide bonds. The number of imidazole rings is 2. The summed E-state index contributed by atoms with van der Waals surface area (Å²) in [5.74, 6) is 5.42. The van der Waals surface area contributed by atoms with Crippen molar-refractivity contribution < 1.29 is 18.6 Å². The molecule has 0 saturated heterocycles. The van der Waals surface area contributed by atoms with Gasteiger partial charge in [0, 0.05) is 64.1 Å². The Labute approximate surface area is 525 Å². The molecule has 0 unspecified atom stereocenters. The maximum atomic E-state index is 7.70. The Morgan fingerprint density at radius 2 is 0.857 bits per heavy atom. The van der Waals surface area contributed by atoms with Gasteiger partial charge in [-0.15, -0.1) is 11.3 Å². The largest absolute Gasteiger partial charge is 0.459 e. The van der Waals surface area contributed by atoms with E-state index in [9.17, 15) is 0 Å². The molecule has 8 heterocycles. The van der Waals surface area contributed by atoms with Gasteiger partial charge in [-0.25, -0.2) is 4.98 Å². The molecule has 420 valence electrons. The van der Waals surface area contributed by atoms with Crippen LogP contribution in [-0.2, 0) is 0 Å². The zero-order valence-electron chi connectivity index (χ0n) is 48.5. The lowest BCUT2D eigenvalue weighted by molar-refractivity contribution is 0.453. The molecule has 13 aromatic carbocycles. The highest BCUT2D eigenvalue weighted by Gasteiger charge is 2.49. The van der Waals surface area contributed by atoms with Gasteiger partial charge in [0.15, 0.2) is 0 Å². The Kier molecular flexibility index (Phi) is 10.1. The van der Waals surface area contributed by atoms with Gasteiger partial charge in [-0.1, -0.05) is 192 Å². The Morgan fingerprint density at radius 3 is 1.56 bits per heavy atom. The summed E-state index contributed by atoms with van der Waals surface area (Å²) < 4.78 is 39.1. The molecule has 91 heavy (non-hydrogen) atoms. The summed E-state index contributed by atoms with van der Waals surface area (Å²) in [6, 6.07) is 98.2. The molecule has 0 spiro atoms. The molecule has 0 N–H and O–H groups in total. The molecule has 8 nitrogen and oxygen atoms in total. The van der Waals surface area contributed by atoms with E-state index in [0.29, 0.717) is 0 Å². The first-order chi connectivity index (χ1) is 45.1. The van der Waals surface area contributed by atoms with Gasteiger partial charge in [-0.2, -0.15) is 0 Å². The standard InChI is InChI=1S/C79H45B3N4O4S/c1-2-20-49(21-3-1)85-61-30-11-12-31-62(61)86-63-40-39-54-51-23-4-10-29-60(51)84(75(54)74(63)83-79(85)86)50-22-18-19-46(43-50)80-57-26-7-14-33-66(57)88-77-71(80)76-72(81(58-27-8-15-34-67(58)89-76)47-37-41-65-55(44-47)52-24-5-13-32-64(52)87-65)78-73(77)82(59-28-9-16-35-68(59)90-78)48-38-42-70-56(45-48)53-25-6-17-36-69(53)91-70/h1-45H. The van der Waals surface area contributed by atoms with Crippen LogP contribution in [-0.4, -0.2) is 38.7 Å². The molecule has 21 rings (SSSR count). The molecular formula is C79H45B3N4O4S. The van der Waals surface area contributed by atoms with Crippen LogP contribution in [0.2, 0.25) is 0 Å². The minimum atomic E-state index is -0.397. The summed E-state index contributed by atoms with van der Waals surface area (Å²) in [6.45, 7) is -1.07. The molecule has 0 fully saturated rings. The van der Waals surface area contributed by atoms with E-state index in [4.69, 9.17) is 23.6 Å². The summed E-state index contributed by atoms with van der Waals surface area (Å²) in [7, 11) is 0. The quantitative estimate of drug-likeness (QED) is 0.161. The van der Waals surface area contributed by atoms with Crippen LogP contribution in [0.1, 0.15) is 0 Å². The van der Waals surface area contributed by atoms with Crippen LogP contribution in [0.5, 0.6) is 34.5 Å². The van der Waals surface area contributed by atoms with Crippen molar-refractivity contribution in [3.63, 3.8) is 0 Å². The number of thiophene rings is 1. The van der Waals surface area contributed by atoms with Gasteiger partial charge in [0.25, 0.3) is 20.1 Å². The van der Waals surface area contributed by atoms with Gasteiger partial charge in [0.05, 0.1) is 27.6 Å². The Balaban J connectivity index is 0.858. The van der Waals surface area contributed by atoms with Crippen molar-refractivity contribution >= 4 is 172 Å². The number of para-hydroxylation sites is 8. The fourth-order valence-electron chi connectivity index (χ4n) is 15.8. The molecule has 3 aliphatic heterocycles. The second-order valence-electron chi connectivity index (χ2n) is 24.3. The van der Waals surface area contributed by atoms with E-state index in [1.807, 2.05) is 17.4 Å². The number of rotatable bonds is 5. The average molecular weight is 1180 g/mol. The SMILES string of the molecule is c1ccc(-n2c3ccccc3n3c4ccc5c6ccccc6n(-c6cccc(B7c8ccccc8Oc8c7c7c(c9c8B(c8ccc%10sc%11ccccc%11c%10c8)c8ccccc8O9)B(c8ccc9oc%10ccccc%10c9c8)c8ccccc8O7)c6)c5c4nc23)cc1. The molecular weight excluding hydrogens is 1130 g/mol. The second-order valence-corrected chi connectivity index (χ2v) is 25.4. The zero-order chi connectivity index (χ0) is 59.2. The average Bonchev–Trinajstić information content (AvgIpc) is 1.38. The molecule has 3 aliphatic rings. The van der Waals surface area contributed by atoms with Gasteiger partial charge < -0.3 is 23.2 Å². The van der Waals surface area contributed by atoms with Crippen LogP contribution in [0.15, 0.2) is 277 Å². The van der Waals surface area contributed by atoms with Crippen molar-refractivity contribution in [2.24, 2.45) is 0 Å². The number of benzene rings is 13. The van der Waals surface area contributed by atoms with Crippen molar-refractivity contribution in [3.05, 3.63) is 273 Å². The molecule has 5 aromatic heterocycles. The summed E-state index contributed by atoms with van der Waals surface area (Å²) in [6.07, 6.45) is 0. The van der Waals surface area contributed by atoms with Crippen molar-refractivity contribution in [1.82, 2.24) is 18.5 Å². The Morgan fingerprint density at radius 1 is 0.330 bits per heavy atom. The normalized spacial score (nSPS) is 13.3. The monoisotopic (exact) mass is 1180 g/mol. The van der Waals surface area contributed by atoms with E-state index in [0.717, 1.165) is 167 Å². The minimum absolute atomic E-state index is 0.321. The number of hydrogen-bond acceptors (Lipinski definition) is 6. The van der Waals surface area contributed by atoms with Gasteiger partial charge >= 0.3 is 0 Å². The maximum absolute atomic E-state index is 7.70. The predicted octanol–water partition coefficient (Wildman–Crippen LogP) is 13.7. The highest BCUT2D eigenvalue weighted by molar-refractivity contribution is 7.25. The molecule has 0 atom stereocenters. The first kappa shape index (κ1) is 49.5. The summed E-state index contributed by atoms with van der Waals surface area (Å²) in [4.78, 5) is 5.71. The van der Waals surface area contributed by atoms with Crippen molar-refractivity contribution in [2.75, 3.05) is 0 Å². The van der Waals surface area contributed by atoms with Crippen LogP contribution in [0.25, 0.3) is 103 Å². The first-order valence-electron chi connectivity index (χ1n) is 31.0. The zero-order valence-corrected chi connectivity index (χ0v) is 49.4. The first-order valence-corrected chi connectivity index (χ1v) is 31.8. The van der Waals surface area contributed by atoms with E-state index in [-0.39, 0.29) is 13.4 Å². The van der Waals surface area contributed by atoms with E-state index >= 15 is 0 Å². The number of aromatic nitrogens is 4. The smallest absolute Gasteiger partial charge is 0.255 e. The Bertz CT molecular complexity index is 6040. The fraction of sp³-hybridized carbons (Fsp3) is 0. The molecule has 12 heteroatoms. The van der Waals surface area contributed by atoms with E-state index < -0.39 is 6.71 Å². The lowest BCUT2D eigenvalue weighted by atomic mass is 9.28. The second kappa shape index (κ2) is 18.6. The minimum Gasteiger partial charge on any atom is -0.459 e. The van der Waals surface area contributed by atoms with Crippen LogP contribution < -0.4 is 63.4 Å². The molecule has 0 aliphatic carbocycles. The summed E-state index contributed by atoms with van der Waals surface area (Å²) in [5.41, 5.74) is 19.4. The molecule has 0 bridgehead atoms. The van der Waals surface area contributed by atoms with E-state index in [1.165, 1.54) is 20.2 Å². The van der Waals surface area contributed by atoms with Gasteiger partial charge in [-0.3, -0.25) is 8.97 Å². The third-order valence-corrected chi connectivity index (χ3v) is 20.8. The van der Waals surface area contributed by atoms with Crippen molar-refractivity contribution in [1.29, 1.82) is 0 Å². The maximum Gasteiger partial charge on any atom is 0.255 e. The highest BCUT2D eigenvalue weighted by Crippen LogP contribution is 2.43. The number of nitrogens with zero attached hydrogens (tertiary/aromatic N) is 4. The van der Waals surface area contributed by atoms with E-state index in [2.05, 4.69) is 280 Å². The number of fused-ring (bicyclic) bond motifs is 24. The number of furan rings is 1. The number of ether oxygens (including phenoxy) is 3. The molecule has 0 saturated carbocycles. The topological polar surface area (TPSA) is 68.0 Å². The Hall–Kier alpha value is -11.5.